The van der Waals surface area contributed by atoms with Gasteiger partial charge in [-0.3, -0.25) is 11.8 Å². The predicted molar refractivity (Wildman–Crippen MR) is 34.3 cm³/mol. The van der Waals surface area contributed by atoms with Crippen LogP contribution in [0.4, 0.5) is 0 Å². The van der Waals surface area contributed by atoms with Crippen molar-refractivity contribution in [2.45, 2.75) is 13.0 Å². The van der Waals surface area contributed by atoms with Gasteiger partial charge in [-0.15, -0.1) is 0 Å². The zero-order valence-electron chi connectivity index (χ0n) is 6.50. The summed E-state index contributed by atoms with van der Waals surface area (Å²) in [5, 5.41) is 2.41. The Morgan fingerprint density at radius 1 is 1.73 bits per heavy atom. The van der Waals surface area contributed by atoms with Gasteiger partial charge in [-0.25, -0.2) is 0 Å². The van der Waals surface area contributed by atoms with Crippen LogP contribution in [0.1, 0.15) is 6.92 Å². The summed E-state index contributed by atoms with van der Waals surface area (Å²) in [7, 11) is 3.28. The summed E-state index contributed by atoms with van der Waals surface area (Å²) in [5.74, 6) is -0.368. The second-order valence-electron chi connectivity index (χ2n) is 1.51. The number of nitrogens with one attached hydrogen (secondary N) is 1. The van der Waals surface area contributed by atoms with Gasteiger partial charge in [0.2, 0.25) is 0 Å². The Morgan fingerprint density at radius 3 is 2.45 bits per heavy atom. The van der Waals surface area contributed by atoms with Gasteiger partial charge in [-0.1, -0.05) is 6.04 Å². The molecule has 0 fully saturated rings. The summed E-state index contributed by atoms with van der Waals surface area (Å²) in [5.41, 5.74) is 0. The first-order valence-corrected chi connectivity index (χ1v) is 2.74. The standard InChI is InChI=1S/C6H11NO2.W.Y/c1-4-9-6(8)5(2)7-3;;/h5,7H,2-4H2,1H3;;/q-2;+2;. The van der Waals surface area contributed by atoms with E-state index in [1.54, 1.807) is 6.92 Å². The fourth-order valence-corrected chi connectivity index (χ4v) is 0.326. The maximum absolute atomic E-state index is 10.6. The molecule has 0 spiro atoms. The minimum Gasteiger partial charge on any atom is -0.487 e. The summed E-state index contributed by atoms with van der Waals surface area (Å²) in [4.78, 5) is 10.6. The van der Waals surface area contributed by atoms with Crippen LogP contribution in [0.25, 0.3) is 0 Å². The van der Waals surface area contributed by atoms with Crippen LogP contribution < -0.4 is 5.32 Å². The monoisotopic (exact) mass is 402 g/mol. The quantitative estimate of drug-likeness (QED) is 0.539. The Balaban J connectivity index is -0.000000320. The van der Waals surface area contributed by atoms with Crippen LogP contribution in [0.3, 0.4) is 0 Å². The van der Waals surface area contributed by atoms with Gasteiger partial charge in [-0.2, -0.15) is 0 Å². The van der Waals surface area contributed by atoms with Crippen molar-refractivity contribution in [3.05, 3.63) is 14.0 Å². The minimum atomic E-state index is -0.551. The maximum atomic E-state index is 10.6. The molecule has 0 aromatic rings. The summed E-state index contributed by atoms with van der Waals surface area (Å²) < 4.78 is 4.59. The van der Waals surface area contributed by atoms with Crippen LogP contribution in [-0.4, -0.2) is 18.6 Å². The van der Waals surface area contributed by atoms with Gasteiger partial charge < -0.3 is 17.0 Å². The number of esters is 1. The van der Waals surface area contributed by atoms with E-state index in [0.29, 0.717) is 6.61 Å². The molecule has 0 aromatic carbocycles. The Labute approximate surface area is 107 Å². The maximum Gasteiger partial charge on any atom is 2.00 e. The van der Waals surface area contributed by atoms with Gasteiger partial charge in [0.25, 0.3) is 5.97 Å². The van der Waals surface area contributed by atoms with Crippen molar-refractivity contribution in [3.8, 4) is 0 Å². The van der Waals surface area contributed by atoms with Crippen LogP contribution in [-0.2, 0) is 63.3 Å². The topological polar surface area (TPSA) is 38.3 Å². The van der Waals surface area contributed by atoms with Crippen LogP contribution >= 0.6 is 0 Å². The Hall–Kier alpha value is 1.22. The fourth-order valence-electron chi connectivity index (χ4n) is 0.326. The van der Waals surface area contributed by atoms with Gasteiger partial charge in [0.05, 0.1) is 6.61 Å². The molecule has 3 nitrogen and oxygen atoms in total. The number of ether oxygens (including phenoxy) is 1. The predicted octanol–water partition coefficient (Wildman–Crippen LogP) is 0.128. The van der Waals surface area contributed by atoms with Gasteiger partial charge in [-0.05, 0) is 6.92 Å². The zero-order chi connectivity index (χ0) is 7.28. The second kappa shape index (κ2) is 11.2. The number of hydrogen-bond acceptors (Lipinski definition) is 3. The van der Waals surface area contributed by atoms with E-state index in [1.165, 1.54) is 0 Å². The van der Waals surface area contributed by atoms with E-state index < -0.39 is 6.04 Å². The van der Waals surface area contributed by atoms with E-state index in [1.807, 2.05) is 0 Å². The van der Waals surface area contributed by atoms with E-state index in [0.717, 1.165) is 0 Å². The molecule has 5 heteroatoms. The normalized spacial score (nSPS) is 10.5. The molecule has 11 heavy (non-hydrogen) atoms. The first-order chi connectivity index (χ1) is 4.22. The van der Waals surface area contributed by atoms with Crippen molar-refractivity contribution < 1.29 is 63.3 Å². The molecule has 1 N–H and O–H groups in total. The summed E-state index contributed by atoms with van der Waals surface area (Å²) in [6.07, 6.45) is 0. The Bertz CT molecular complexity index is 103. The summed E-state index contributed by atoms with van der Waals surface area (Å²) in [6.45, 7) is 5.55. The molecule has 0 saturated carbocycles. The minimum absolute atomic E-state index is 0. The van der Waals surface area contributed by atoms with Crippen LogP contribution in [0.2, 0.25) is 0 Å². The molecule has 1 radical (unpaired) electrons. The first-order valence-electron chi connectivity index (χ1n) is 2.74. The third-order valence-electron chi connectivity index (χ3n) is 0.818. The van der Waals surface area contributed by atoms with E-state index in [9.17, 15) is 4.79 Å². The number of hydrogen-bond donors (Lipinski definition) is 1. The van der Waals surface area contributed by atoms with Crippen molar-refractivity contribution in [2.75, 3.05) is 6.61 Å². The van der Waals surface area contributed by atoms with Crippen LogP contribution in [0.5, 0.6) is 0 Å². The third kappa shape index (κ3) is 9.13. The summed E-state index contributed by atoms with van der Waals surface area (Å²) >= 11 is 0. The Kier molecular flexibility index (Phi) is 18.5. The molecule has 0 aliphatic carbocycles. The van der Waals surface area contributed by atoms with E-state index in [2.05, 4.69) is 24.0 Å². The molecule has 0 heterocycles. The second-order valence-corrected chi connectivity index (χ2v) is 1.51. The molecule has 0 aromatic heterocycles. The molecule has 0 aliphatic heterocycles. The van der Waals surface area contributed by atoms with Crippen molar-refractivity contribution in [1.29, 1.82) is 0 Å². The number of carbonyl (C=O) groups excluding carboxylic acids is 1. The Morgan fingerprint density at radius 2 is 2.18 bits per heavy atom. The van der Waals surface area contributed by atoms with Crippen molar-refractivity contribution in [2.24, 2.45) is 0 Å². The van der Waals surface area contributed by atoms with Crippen molar-refractivity contribution in [3.63, 3.8) is 0 Å². The van der Waals surface area contributed by atoms with E-state index >= 15 is 0 Å². The number of carbonyl (C=O) groups is 1. The third-order valence-corrected chi connectivity index (χ3v) is 0.818. The van der Waals surface area contributed by atoms with Gasteiger partial charge in [0.1, 0.15) is 0 Å². The molecule has 61 valence electrons. The van der Waals surface area contributed by atoms with E-state index in [4.69, 9.17) is 0 Å². The first kappa shape index (κ1) is 18.1. The molecule has 1 unspecified atom stereocenters. The molecular formula is C6H11NO2WY. The van der Waals surface area contributed by atoms with Crippen molar-refractivity contribution >= 4 is 5.97 Å². The van der Waals surface area contributed by atoms with Gasteiger partial charge >= 0.3 is 21.1 Å². The summed E-state index contributed by atoms with van der Waals surface area (Å²) in [6, 6.07) is -0.551. The molecule has 1 atom stereocenters. The SMILES string of the molecule is [CH2-]NC([CH2-])C(=O)OCC.[W+2].[Y]. The average molecular weight is 402 g/mol. The number of rotatable bonds is 3. The van der Waals surface area contributed by atoms with E-state index in [-0.39, 0.29) is 59.7 Å². The average Bonchev–Trinajstić information content (AvgIpc) is 1.87. The zero-order valence-corrected chi connectivity index (χ0v) is 12.3. The fraction of sp³-hybridized carbons (Fsp3) is 0.500. The molecule has 0 rings (SSSR count). The molecular weight excluding hydrogens is 391 g/mol. The molecule has 0 saturated heterocycles. The van der Waals surface area contributed by atoms with Crippen LogP contribution in [0, 0.1) is 14.0 Å². The largest absolute Gasteiger partial charge is 2.00 e. The van der Waals surface area contributed by atoms with Gasteiger partial charge in [0, 0.05) is 32.7 Å². The van der Waals surface area contributed by atoms with Gasteiger partial charge in [0.15, 0.2) is 0 Å². The van der Waals surface area contributed by atoms with Crippen LogP contribution in [0.15, 0.2) is 0 Å². The molecule has 0 amide bonds. The molecule has 0 bridgehead atoms. The van der Waals surface area contributed by atoms with Crippen molar-refractivity contribution in [1.82, 2.24) is 5.32 Å². The molecule has 0 aliphatic rings. The smallest absolute Gasteiger partial charge is 0.487 e.